The van der Waals surface area contributed by atoms with E-state index in [1.807, 2.05) is 18.2 Å². The van der Waals surface area contributed by atoms with Crippen LogP contribution in [0.4, 0.5) is 4.39 Å². The Morgan fingerprint density at radius 3 is 2.50 bits per heavy atom. The van der Waals surface area contributed by atoms with Gasteiger partial charge in [0.1, 0.15) is 23.9 Å². The van der Waals surface area contributed by atoms with Crippen LogP contribution in [0.25, 0.3) is 0 Å². The van der Waals surface area contributed by atoms with E-state index in [9.17, 15) is 4.39 Å². The Kier molecular flexibility index (Phi) is 5.26. The van der Waals surface area contributed by atoms with Crippen LogP contribution in [0.15, 0.2) is 40.9 Å². The Morgan fingerprint density at radius 2 is 1.85 bits per heavy atom. The highest BCUT2D eigenvalue weighted by Crippen LogP contribution is 2.25. The zero-order valence-electron chi connectivity index (χ0n) is 10.8. The van der Waals surface area contributed by atoms with E-state index >= 15 is 0 Å². The molecule has 0 radical (unpaired) electrons. The molecule has 0 N–H and O–H groups in total. The van der Waals surface area contributed by atoms with Crippen molar-refractivity contribution in [3.63, 3.8) is 0 Å². The molecule has 2 aromatic carbocycles. The molecule has 20 heavy (non-hydrogen) atoms. The average molecular weight is 360 g/mol. The number of alkyl halides is 1. The van der Waals surface area contributed by atoms with Crippen LogP contribution in [-0.4, -0.2) is 7.11 Å². The summed E-state index contributed by atoms with van der Waals surface area (Å²) in [6.07, 6.45) is 0. The predicted molar refractivity (Wildman–Crippen MR) is 81.0 cm³/mol. The van der Waals surface area contributed by atoms with E-state index in [2.05, 4.69) is 15.9 Å². The van der Waals surface area contributed by atoms with Crippen LogP contribution < -0.4 is 9.47 Å². The van der Waals surface area contributed by atoms with Crippen LogP contribution in [0.5, 0.6) is 11.5 Å². The lowest BCUT2D eigenvalue weighted by Gasteiger charge is -2.10. The average Bonchev–Trinajstić information content (AvgIpc) is 2.47. The van der Waals surface area contributed by atoms with Crippen molar-refractivity contribution in [3.05, 3.63) is 57.8 Å². The summed E-state index contributed by atoms with van der Waals surface area (Å²) in [6.45, 7) is 0.152. The first-order chi connectivity index (χ1) is 9.63. The summed E-state index contributed by atoms with van der Waals surface area (Å²) in [5.41, 5.74) is 1.40. The van der Waals surface area contributed by atoms with E-state index in [-0.39, 0.29) is 12.4 Å². The van der Waals surface area contributed by atoms with Gasteiger partial charge in [0.25, 0.3) is 0 Å². The Labute approximate surface area is 130 Å². The molecule has 2 aromatic rings. The molecular formula is C15H13BrClFO2. The minimum Gasteiger partial charge on any atom is -0.497 e. The van der Waals surface area contributed by atoms with Crippen LogP contribution in [0.2, 0.25) is 0 Å². The van der Waals surface area contributed by atoms with E-state index in [0.29, 0.717) is 22.9 Å². The summed E-state index contributed by atoms with van der Waals surface area (Å²) in [5, 5.41) is 0. The minimum atomic E-state index is -0.348. The third-order valence-corrected chi connectivity index (χ3v) is 3.88. The minimum absolute atomic E-state index is 0.152. The van der Waals surface area contributed by atoms with Crippen molar-refractivity contribution < 1.29 is 13.9 Å². The van der Waals surface area contributed by atoms with Crippen molar-refractivity contribution >= 4 is 27.5 Å². The maximum atomic E-state index is 13.8. The SMILES string of the molecule is COc1ccc(COc2ccc(Br)c(CCl)c2)c(F)c1. The van der Waals surface area contributed by atoms with Gasteiger partial charge in [0.2, 0.25) is 0 Å². The largest absolute Gasteiger partial charge is 0.497 e. The Hall–Kier alpha value is -1.26. The molecule has 0 bridgehead atoms. The number of ether oxygens (including phenoxy) is 2. The fraction of sp³-hybridized carbons (Fsp3) is 0.200. The predicted octanol–water partition coefficient (Wildman–Crippen LogP) is 4.91. The highest BCUT2D eigenvalue weighted by molar-refractivity contribution is 9.10. The zero-order chi connectivity index (χ0) is 14.5. The first-order valence-corrected chi connectivity index (χ1v) is 7.26. The molecule has 0 aliphatic heterocycles. The van der Waals surface area contributed by atoms with Gasteiger partial charge in [-0.1, -0.05) is 15.9 Å². The Morgan fingerprint density at radius 1 is 1.10 bits per heavy atom. The lowest BCUT2D eigenvalue weighted by molar-refractivity contribution is 0.299. The molecule has 0 spiro atoms. The van der Waals surface area contributed by atoms with Gasteiger partial charge in [-0.25, -0.2) is 4.39 Å². The van der Waals surface area contributed by atoms with Crippen LogP contribution in [-0.2, 0) is 12.5 Å². The normalized spacial score (nSPS) is 10.4. The molecule has 5 heteroatoms. The third-order valence-electron chi connectivity index (χ3n) is 2.82. The molecule has 0 heterocycles. The second kappa shape index (κ2) is 6.95. The maximum absolute atomic E-state index is 13.8. The summed E-state index contributed by atoms with van der Waals surface area (Å²) >= 11 is 9.22. The van der Waals surface area contributed by atoms with E-state index in [1.165, 1.54) is 13.2 Å². The number of halogens is 3. The number of benzene rings is 2. The van der Waals surface area contributed by atoms with Crippen molar-refractivity contribution in [2.45, 2.75) is 12.5 Å². The Balaban J connectivity index is 2.08. The molecular weight excluding hydrogens is 347 g/mol. The van der Waals surface area contributed by atoms with Gasteiger partial charge >= 0.3 is 0 Å². The molecule has 106 valence electrons. The van der Waals surface area contributed by atoms with Crippen molar-refractivity contribution in [3.8, 4) is 11.5 Å². The first-order valence-electron chi connectivity index (χ1n) is 5.93. The van der Waals surface area contributed by atoms with Crippen molar-refractivity contribution in [1.82, 2.24) is 0 Å². The van der Waals surface area contributed by atoms with E-state index in [0.717, 1.165) is 10.0 Å². The number of hydrogen-bond donors (Lipinski definition) is 0. The van der Waals surface area contributed by atoms with Crippen LogP contribution in [0, 0.1) is 5.82 Å². The quantitative estimate of drug-likeness (QED) is 0.706. The van der Waals surface area contributed by atoms with E-state index in [1.54, 1.807) is 12.1 Å². The lowest BCUT2D eigenvalue weighted by Crippen LogP contribution is -1.99. The van der Waals surface area contributed by atoms with Crippen LogP contribution >= 0.6 is 27.5 Å². The van der Waals surface area contributed by atoms with Gasteiger partial charge in [-0.2, -0.15) is 0 Å². The van der Waals surface area contributed by atoms with Crippen molar-refractivity contribution in [2.24, 2.45) is 0 Å². The summed E-state index contributed by atoms with van der Waals surface area (Å²) in [4.78, 5) is 0. The van der Waals surface area contributed by atoms with Gasteiger partial charge in [0.05, 0.1) is 7.11 Å². The molecule has 0 saturated carbocycles. The maximum Gasteiger partial charge on any atom is 0.133 e. The van der Waals surface area contributed by atoms with Crippen molar-refractivity contribution in [1.29, 1.82) is 0 Å². The first kappa shape index (κ1) is 15.1. The fourth-order valence-electron chi connectivity index (χ4n) is 1.68. The highest BCUT2D eigenvalue weighted by Gasteiger charge is 2.06. The number of hydrogen-bond acceptors (Lipinski definition) is 2. The number of rotatable bonds is 5. The molecule has 0 aromatic heterocycles. The standard InChI is InChI=1S/C15H13BrClFO2/c1-19-12-3-2-10(15(18)7-12)9-20-13-4-5-14(16)11(6-13)8-17/h2-7H,8-9H2,1H3. The van der Waals surface area contributed by atoms with E-state index < -0.39 is 0 Å². The van der Waals surface area contributed by atoms with Crippen LogP contribution in [0.1, 0.15) is 11.1 Å². The molecule has 0 atom stereocenters. The molecule has 0 aliphatic carbocycles. The second-order valence-corrected chi connectivity index (χ2v) is 5.25. The van der Waals surface area contributed by atoms with Gasteiger partial charge < -0.3 is 9.47 Å². The molecule has 0 saturated heterocycles. The summed E-state index contributed by atoms with van der Waals surface area (Å²) in [6, 6.07) is 10.2. The summed E-state index contributed by atoms with van der Waals surface area (Å²) < 4.78 is 25.2. The summed E-state index contributed by atoms with van der Waals surface area (Å²) in [5.74, 6) is 1.17. The van der Waals surface area contributed by atoms with Gasteiger partial charge in [0.15, 0.2) is 0 Å². The van der Waals surface area contributed by atoms with E-state index in [4.69, 9.17) is 21.1 Å². The second-order valence-electron chi connectivity index (χ2n) is 4.13. The van der Waals surface area contributed by atoms with Gasteiger partial charge in [0, 0.05) is 22.0 Å². The van der Waals surface area contributed by atoms with Gasteiger partial charge in [-0.15, -0.1) is 11.6 Å². The lowest BCUT2D eigenvalue weighted by atomic mass is 10.2. The van der Waals surface area contributed by atoms with Crippen molar-refractivity contribution in [2.75, 3.05) is 7.11 Å². The van der Waals surface area contributed by atoms with Gasteiger partial charge in [-0.3, -0.25) is 0 Å². The molecule has 0 aliphatic rings. The monoisotopic (exact) mass is 358 g/mol. The zero-order valence-corrected chi connectivity index (χ0v) is 13.2. The van der Waals surface area contributed by atoms with Gasteiger partial charge in [-0.05, 0) is 35.9 Å². The summed E-state index contributed by atoms with van der Waals surface area (Å²) in [7, 11) is 1.50. The van der Waals surface area contributed by atoms with Crippen LogP contribution in [0.3, 0.4) is 0 Å². The topological polar surface area (TPSA) is 18.5 Å². The number of methoxy groups -OCH3 is 1. The molecule has 0 unspecified atom stereocenters. The smallest absolute Gasteiger partial charge is 0.133 e. The Bertz CT molecular complexity index is 604. The molecule has 0 fully saturated rings. The fourth-order valence-corrected chi connectivity index (χ4v) is 2.45. The molecule has 2 rings (SSSR count). The highest BCUT2D eigenvalue weighted by atomic mass is 79.9. The third kappa shape index (κ3) is 3.64. The molecule has 0 amide bonds. The molecule has 2 nitrogen and oxygen atoms in total.